The van der Waals surface area contributed by atoms with Gasteiger partial charge in [-0.25, -0.2) is 8.78 Å². The monoisotopic (exact) mass is 243 g/mol. The van der Waals surface area contributed by atoms with Gasteiger partial charge < -0.3 is 10.1 Å². The van der Waals surface area contributed by atoms with Crippen molar-refractivity contribution in [2.45, 2.75) is 32.4 Å². The number of hydrogen-bond acceptors (Lipinski definition) is 2. The van der Waals surface area contributed by atoms with E-state index in [1.54, 1.807) is 7.11 Å². The Morgan fingerprint density at radius 3 is 2.29 bits per heavy atom. The fraction of sp³-hybridized carbons (Fsp3) is 0.538. The smallest absolute Gasteiger partial charge is 0.129 e. The van der Waals surface area contributed by atoms with Crippen molar-refractivity contribution in [3.63, 3.8) is 0 Å². The molecule has 0 heterocycles. The van der Waals surface area contributed by atoms with Gasteiger partial charge in [0.15, 0.2) is 0 Å². The minimum Gasteiger partial charge on any atom is -0.383 e. The van der Waals surface area contributed by atoms with E-state index < -0.39 is 11.6 Å². The predicted octanol–water partition coefficient (Wildman–Crippen LogP) is 2.52. The fourth-order valence-corrected chi connectivity index (χ4v) is 1.88. The number of benzene rings is 1. The molecule has 0 bridgehead atoms. The topological polar surface area (TPSA) is 21.3 Å². The maximum Gasteiger partial charge on any atom is 0.129 e. The van der Waals surface area contributed by atoms with Gasteiger partial charge in [0.05, 0.1) is 6.61 Å². The van der Waals surface area contributed by atoms with Crippen molar-refractivity contribution in [1.82, 2.24) is 5.32 Å². The van der Waals surface area contributed by atoms with E-state index in [0.717, 1.165) is 0 Å². The van der Waals surface area contributed by atoms with E-state index in [-0.39, 0.29) is 17.6 Å². The number of ether oxygens (including phenoxy) is 1. The molecule has 1 rings (SSSR count). The van der Waals surface area contributed by atoms with Gasteiger partial charge >= 0.3 is 0 Å². The molecule has 0 spiro atoms. The van der Waals surface area contributed by atoms with Crippen LogP contribution in [-0.2, 0) is 11.2 Å². The lowest BCUT2D eigenvalue weighted by molar-refractivity contribution is 0.167. The Morgan fingerprint density at radius 2 is 1.76 bits per heavy atom. The minimum atomic E-state index is -0.488. The maximum absolute atomic E-state index is 13.4. The maximum atomic E-state index is 13.4. The van der Waals surface area contributed by atoms with E-state index in [4.69, 9.17) is 4.74 Å². The summed E-state index contributed by atoms with van der Waals surface area (Å²) in [5.41, 5.74) is 0.136. The van der Waals surface area contributed by atoms with Gasteiger partial charge in [-0.1, -0.05) is 6.07 Å². The third-order valence-corrected chi connectivity index (χ3v) is 2.56. The minimum absolute atomic E-state index is 0.00782. The highest BCUT2D eigenvalue weighted by molar-refractivity contribution is 5.20. The van der Waals surface area contributed by atoms with E-state index in [1.807, 2.05) is 13.8 Å². The molecule has 0 saturated carbocycles. The second-order valence-corrected chi connectivity index (χ2v) is 4.33. The van der Waals surface area contributed by atoms with Crippen LogP contribution in [-0.4, -0.2) is 25.8 Å². The Labute approximate surface area is 101 Å². The molecule has 0 fully saturated rings. The van der Waals surface area contributed by atoms with E-state index in [2.05, 4.69) is 5.32 Å². The van der Waals surface area contributed by atoms with E-state index in [9.17, 15) is 8.78 Å². The van der Waals surface area contributed by atoms with E-state index >= 15 is 0 Å². The van der Waals surface area contributed by atoms with Crippen LogP contribution in [0, 0.1) is 11.6 Å². The summed E-state index contributed by atoms with van der Waals surface area (Å²) in [5.74, 6) is -0.976. The molecule has 2 unspecified atom stereocenters. The molecule has 0 amide bonds. The largest absolute Gasteiger partial charge is 0.383 e. The van der Waals surface area contributed by atoms with Crippen LogP contribution in [0.3, 0.4) is 0 Å². The van der Waals surface area contributed by atoms with Crippen LogP contribution in [0.25, 0.3) is 0 Å². The molecule has 2 atom stereocenters. The second kappa shape index (κ2) is 6.67. The van der Waals surface area contributed by atoms with Crippen molar-refractivity contribution in [2.75, 3.05) is 13.7 Å². The lowest BCUT2D eigenvalue weighted by Gasteiger charge is -2.19. The summed E-state index contributed by atoms with van der Waals surface area (Å²) in [7, 11) is 1.62. The molecule has 0 aliphatic rings. The van der Waals surface area contributed by atoms with Crippen LogP contribution in [0.5, 0.6) is 0 Å². The zero-order valence-corrected chi connectivity index (χ0v) is 10.5. The first-order valence-corrected chi connectivity index (χ1v) is 5.72. The van der Waals surface area contributed by atoms with Crippen molar-refractivity contribution in [1.29, 1.82) is 0 Å². The average molecular weight is 243 g/mol. The van der Waals surface area contributed by atoms with Gasteiger partial charge in [-0.3, -0.25) is 0 Å². The summed E-state index contributed by atoms with van der Waals surface area (Å²) in [4.78, 5) is 0. The van der Waals surface area contributed by atoms with Crippen LogP contribution in [0.2, 0.25) is 0 Å². The standard InChI is InChI=1S/C13H19F2NO/c1-9(16-10(2)8-17-3)7-11-12(14)5-4-6-13(11)15/h4-6,9-10,16H,7-8H2,1-3H3. The number of methoxy groups -OCH3 is 1. The normalized spacial score (nSPS) is 14.6. The third-order valence-electron chi connectivity index (χ3n) is 2.56. The molecule has 1 aromatic rings. The lowest BCUT2D eigenvalue weighted by Crippen LogP contribution is -2.38. The van der Waals surface area contributed by atoms with Crippen LogP contribution in [0.1, 0.15) is 19.4 Å². The molecular formula is C13H19F2NO. The number of hydrogen-bond donors (Lipinski definition) is 1. The molecular weight excluding hydrogens is 224 g/mol. The fourth-order valence-electron chi connectivity index (χ4n) is 1.88. The highest BCUT2D eigenvalue weighted by atomic mass is 19.1. The highest BCUT2D eigenvalue weighted by Crippen LogP contribution is 2.14. The first-order chi connectivity index (χ1) is 8.04. The Hall–Kier alpha value is -1.00. The van der Waals surface area contributed by atoms with Gasteiger partial charge in [0.25, 0.3) is 0 Å². The van der Waals surface area contributed by atoms with Gasteiger partial charge in [-0.15, -0.1) is 0 Å². The molecule has 0 aliphatic heterocycles. The summed E-state index contributed by atoms with van der Waals surface area (Å²) in [6.45, 7) is 4.44. The van der Waals surface area contributed by atoms with Crippen molar-refractivity contribution >= 4 is 0 Å². The summed E-state index contributed by atoms with van der Waals surface area (Å²) in [6, 6.07) is 4.09. The first kappa shape index (κ1) is 14.1. The summed E-state index contributed by atoms with van der Waals surface area (Å²) >= 11 is 0. The van der Waals surface area contributed by atoms with Crippen LogP contribution >= 0.6 is 0 Å². The first-order valence-electron chi connectivity index (χ1n) is 5.72. The molecule has 0 aliphatic carbocycles. The van der Waals surface area contributed by atoms with Crippen molar-refractivity contribution in [3.05, 3.63) is 35.4 Å². The summed E-state index contributed by atoms with van der Waals surface area (Å²) in [5, 5.41) is 3.23. The van der Waals surface area contributed by atoms with Crippen LogP contribution in [0.4, 0.5) is 8.78 Å². The molecule has 96 valence electrons. The Morgan fingerprint density at radius 1 is 1.18 bits per heavy atom. The molecule has 17 heavy (non-hydrogen) atoms. The SMILES string of the molecule is COCC(C)NC(C)Cc1c(F)cccc1F. The summed E-state index contributed by atoms with van der Waals surface area (Å²) < 4.78 is 31.8. The Balaban J connectivity index is 2.59. The van der Waals surface area contributed by atoms with E-state index in [1.165, 1.54) is 18.2 Å². The lowest BCUT2D eigenvalue weighted by atomic mass is 10.1. The van der Waals surface area contributed by atoms with Crippen LogP contribution in [0.15, 0.2) is 18.2 Å². The van der Waals surface area contributed by atoms with Gasteiger partial charge in [0, 0.05) is 24.8 Å². The molecule has 0 saturated heterocycles. The number of rotatable bonds is 6. The number of nitrogens with one attached hydrogen (secondary N) is 1. The highest BCUT2D eigenvalue weighted by Gasteiger charge is 2.13. The van der Waals surface area contributed by atoms with Crippen molar-refractivity contribution < 1.29 is 13.5 Å². The van der Waals surface area contributed by atoms with Gasteiger partial charge in [0.2, 0.25) is 0 Å². The zero-order chi connectivity index (χ0) is 12.8. The second-order valence-electron chi connectivity index (χ2n) is 4.33. The molecule has 0 radical (unpaired) electrons. The predicted molar refractivity (Wildman–Crippen MR) is 64.0 cm³/mol. The van der Waals surface area contributed by atoms with Gasteiger partial charge in [-0.05, 0) is 32.4 Å². The quantitative estimate of drug-likeness (QED) is 0.829. The molecule has 1 N–H and O–H groups in total. The number of halogens is 2. The van der Waals surface area contributed by atoms with E-state index in [0.29, 0.717) is 13.0 Å². The molecule has 2 nitrogen and oxygen atoms in total. The Bertz CT molecular complexity index is 337. The molecule has 1 aromatic carbocycles. The third kappa shape index (κ3) is 4.40. The van der Waals surface area contributed by atoms with Crippen LogP contribution < -0.4 is 5.32 Å². The zero-order valence-electron chi connectivity index (χ0n) is 10.5. The van der Waals surface area contributed by atoms with Crippen molar-refractivity contribution in [3.8, 4) is 0 Å². The summed E-state index contributed by atoms with van der Waals surface area (Å²) in [6.07, 6.45) is 0.326. The van der Waals surface area contributed by atoms with Gasteiger partial charge in [0.1, 0.15) is 11.6 Å². The van der Waals surface area contributed by atoms with Crippen molar-refractivity contribution in [2.24, 2.45) is 0 Å². The Kier molecular flexibility index (Phi) is 5.51. The molecule has 4 heteroatoms. The van der Waals surface area contributed by atoms with Gasteiger partial charge in [-0.2, -0.15) is 0 Å². The molecule has 0 aromatic heterocycles. The average Bonchev–Trinajstić information content (AvgIpc) is 2.24.